The Morgan fingerprint density at radius 1 is 0.795 bits per heavy atom. The van der Waals surface area contributed by atoms with Crippen LogP contribution in [-0.2, 0) is 64.0 Å². The molecule has 0 aromatic heterocycles. The fourth-order valence-electron chi connectivity index (χ4n) is 7.32. The van der Waals surface area contributed by atoms with Crippen molar-refractivity contribution < 1.29 is 72.9 Å². The van der Waals surface area contributed by atoms with Crippen molar-refractivity contribution in [2.75, 3.05) is 24.6 Å². The number of aliphatic carboxylic acids is 2. The summed E-state index contributed by atoms with van der Waals surface area (Å²) in [5.41, 5.74) is 17.5. The second-order valence-electron chi connectivity index (χ2n) is 17.8. The number of primary amides is 2. The third-order valence-electron chi connectivity index (χ3n) is 11.3. The number of phenols is 1. The van der Waals surface area contributed by atoms with Crippen LogP contribution < -0.4 is 54.4 Å². The largest absolute Gasteiger partial charge is 0.508 e. The monoisotopic (exact) mass is 1070 g/mol. The first-order chi connectivity index (χ1) is 34.2. The average molecular weight is 1070 g/mol. The number of phenolic OH excluding ortho intramolecular Hbond substituents is 1. The van der Waals surface area contributed by atoms with Crippen molar-refractivity contribution in [2.24, 2.45) is 29.0 Å². The van der Waals surface area contributed by atoms with Gasteiger partial charge in [-0.25, -0.2) is 0 Å². The lowest BCUT2D eigenvalue weighted by Crippen LogP contribution is -2.61. The Morgan fingerprint density at radius 3 is 1.95 bits per heavy atom. The number of carboxylic acids is 2. The van der Waals surface area contributed by atoms with Gasteiger partial charge in [0, 0.05) is 37.8 Å². The average Bonchev–Trinajstić information content (AvgIpc) is 3.81. The Morgan fingerprint density at radius 2 is 1.37 bits per heavy atom. The van der Waals surface area contributed by atoms with Gasteiger partial charge in [0.2, 0.25) is 59.1 Å². The molecule has 26 nitrogen and oxygen atoms in total. The first-order valence-electron chi connectivity index (χ1n) is 23.4. The lowest BCUT2D eigenvalue weighted by atomic mass is 9.96. The molecule has 0 aliphatic carbocycles. The number of nitrogens with two attached hydrogens (primary N) is 3. The smallest absolute Gasteiger partial charge is 0.303 e. The Hall–Kier alpha value is -6.68. The van der Waals surface area contributed by atoms with Crippen molar-refractivity contribution >= 4 is 92.6 Å². The molecule has 0 bridgehead atoms. The van der Waals surface area contributed by atoms with Gasteiger partial charge in [0.1, 0.15) is 48.0 Å². The molecular weight excluding hydrogens is 999 g/mol. The highest BCUT2D eigenvalue weighted by atomic mass is 33.1. The Balaban J connectivity index is 0.00000439. The molecule has 2 aliphatic heterocycles. The van der Waals surface area contributed by atoms with E-state index in [1.54, 1.807) is 13.8 Å². The van der Waals surface area contributed by atoms with Gasteiger partial charge in [-0.2, -0.15) is 0 Å². The molecule has 0 saturated carbocycles. The molecule has 1 aromatic carbocycles. The number of aromatic hydroxyl groups is 1. The van der Waals surface area contributed by atoms with Crippen LogP contribution in [0.4, 0.5) is 0 Å². The standard InChI is InChI=1S/C43H65N11O13S2.C2H4O2/c1-5-22(4)35-42(66)48-26(12-13-34(58)59)38(62)50-29(17-32(45)56)39(63)52-30(20-69-68-19-25(44)36(60)49-28(40(64)53-35)16-23-8-10-24(55)11-9-23)43(67)54-14-6-7-31(54)41(65)51-27(15-21(2)3)37(61)47-18-33(46)57;1-2(3)4/h8-11,21-22,25-31,35,55H,5-7,12-20,44H2,1-4H3,(H2,45,56)(H2,46,57)(H,47,61)(H,48,66)(H,49,60)(H,50,62)(H,51,65)(H,52,63)(H,53,64)(H,58,59);1H3,(H,3,4)/t22-,25-,26-,27-,28-,29-,30-,31-,35-;/m0./s1. The molecule has 2 fully saturated rings. The number of benzene rings is 1. The minimum absolute atomic E-state index is 0.0395. The van der Waals surface area contributed by atoms with Gasteiger partial charge in [-0.15, -0.1) is 0 Å². The number of carboxylic acid groups (broad SMARTS) is 2. The molecule has 10 amide bonds. The maximum Gasteiger partial charge on any atom is 0.303 e. The van der Waals surface area contributed by atoms with E-state index in [1.165, 1.54) is 29.2 Å². The molecule has 16 N–H and O–H groups in total. The van der Waals surface area contributed by atoms with E-state index in [4.69, 9.17) is 27.1 Å². The van der Waals surface area contributed by atoms with Crippen LogP contribution in [0.3, 0.4) is 0 Å². The summed E-state index contributed by atoms with van der Waals surface area (Å²) < 4.78 is 0. The van der Waals surface area contributed by atoms with Crippen molar-refractivity contribution in [3.63, 3.8) is 0 Å². The fourth-order valence-corrected chi connectivity index (χ4v) is 9.60. The molecule has 406 valence electrons. The zero-order valence-corrected chi connectivity index (χ0v) is 42.9. The van der Waals surface area contributed by atoms with Gasteiger partial charge in [-0.05, 0) is 55.2 Å². The number of nitrogens with zero attached hydrogens (tertiary/aromatic N) is 1. The summed E-state index contributed by atoms with van der Waals surface area (Å²) in [7, 11) is 2.02. The second kappa shape index (κ2) is 31.0. The minimum atomic E-state index is -1.78. The third kappa shape index (κ3) is 22.3. The number of rotatable bonds is 17. The maximum absolute atomic E-state index is 14.5. The van der Waals surface area contributed by atoms with Crippen LogP contribution in [0.15, 0.2) is 24.3 Å². The predicted octanol–water partition coefficient (Wildman–Crippen LogP) is -2.92. The normalized spacial score (nSPS) is 23.3. The Kier molecular flexibility index (Phi) is 26.5. The van der Waals surface area contributed by atoms with E-state index < -0.39 is 151 Å². The molecule has 1 aromatic rings. The van der Waals surface area contributed by atoms with E-state index in [0.717, 1.165) is 28.5 Å². The molecule has 2 aliphatic rings. The second-order valence-corrected chi connectivity index (χ2v) is 20.4. The first kappa shape index (κ1) is 62.4. The van der Waals surface area contributed by atoms with E-state index in [2.05, 4.69) is 37.2 Å². The van der Waals surface area contributed by atoms with Gasteiger partial charge in [-0.3, -0.25) is 57.5 Å². The third-order valence-corrected chi connectivity index (χ3v) is 13.7. The summed E-state index contributed by atoms with van der Waals surface area (Å²) in [6, 6.07) is -5.29. The van der Waals surface area contributed by atoms with Crippen LogP contribution in [0.2, 0.25) is 0 Å². The van der Waals surface area contributed by atoms with Crippen molar-refractivity contribution in [3.8, 4) is 5.75 Å². The van der Waals surface area contributed by atoms with Crippen LogP contribution >= 0.6 is 21.6 Å². The number of hydrogen-bond donors (Lipinski definition) is 13. The predicted molar refractivity (Wildman–Crippen MR) is 266 cm³/mol. The van der Waals surface area contributed by atoms with Crippen LogP contribution in [0, 0.1) is 11.8 Å². The quantitative estimate of drug-likeness (QED) is 0.0695. The molecule has 2 saturated heterocycles. The molecule has 2 heterocycles. The molecule has 0 spiro atoms. The summed E-state index contributed by atoms with van der Waals surface area (Å²) in [5, 5.41) is 44.5. The lowest BCUT2D eigenvalue weighted by Gasteiger charge is -2.31. The van der Waals surface area contributed by atoms with Crippen molar-refractivity contribution in [3.05, 3.63) is 29.8 Å². The van der Waals surface area contributed by atoms with E-state index in [-0.39, 0.29) is 49.0 Å². The van der Waals surface area contributed by atoms with E-state index in [9.17, 15) is 63.0 Å². The molecule has 0 radical (unpaired) electrons. The van der Waals surface area contributed by atoms with Gasteiger partial charge < -0.3 is 74.6 Å². The van der Waals surface area contributed by atoms with Crippen LogP contribution in [0.1, 0.15) is 85.1 Å². The number of hydrogen-bond acceptors (Lipinski definition) is 16. The van der Waals surface area contributed by atoms with Gasteiger partial charge >= 0.3 is 5.97 Å². The minimum Gasteiger partial charge on any atom is -0.508 e. The lowest BCUT2D eigenvalue weighted by molar-refractivity contribution is -0.142. The zero-order chi connectivity index (χ0) is 55.1. The SMILES string of the molecule is CC(=O)O.CC[C@H](C)[C@@H]1NC(=O)[C@H](Cc2ccc(O)cc2)NC(=O)[C@@H](N)CSSC[C@@H](C(=O)N2CCC[C@H]2C(=O)N[C@@H](CC(C)C)C(=O)NCC(N)=O)NC(=O)[C@H](CC(N)=O)NC(=O)[C@H](CCC(=O)O)NC1=O. The molecule has 9 atom stereocenters. The first-order valence-corrected chi connectivity index (χ1v) is 25.9. The Labute approximate surface area is 429 Å². The maximum atomic E-state index is 14.5. The molecule has 73 heavy (non-hydrogen) atoms. The van der Waals surface area contributed by atoms with E-state index in [1.807, 2.05) is 13.8 Å². The number of nitrogens with one attached hydrogen (secondary N) is 7. The van der Waals surface area contributed by atoms with Crippen molar-refractivity contribution in [2.45, 2.75) is 134 Å². The fraction of sp³-hybridized carbons (Fsp3) is 0.600. The molecule has 0 unspecified atom stereocenters. The van der Waals surface area contributed by atoms with Gasteiger partial charge in [0.15, 0.2) is 0 Å². The summed E-state index contributed by atoms with van der Waals surface area (Å²) in [6.07, 6.45) is -1.12. The van der Waals surface area contributed by atoms with Crippen molar-refractivity contribution in [1.29, 1.82) is 0 Å². The van der Waals surface area contributed by atoms with Crippen LogP contribution in [-0.4, -0.2) is 164 Å². The van der Waals surface area contributed by atoms with E-state index >= 15 is 0 Å². The summed E-state index contributed by atoms with van der Waals surface area (Å²) in [5.74, 6) is -12.0. The highest BCUT2D eigenvalue weighted by molar-refractivity contribution is 8.76. The molecule has 28 heteroatoms. The van der Waals surface area contributed by atoms with E-state index in [0.29, 0.717) is 18.4 Å². The molecular formula is C45H69N11O15S2. The zero-order valence-electron chi connectivity index (χ0n) is 41.3. The summed E-state index contributed by atoms with van der Waals surface area (Å²) in [4.78, 5) is 157. The highest BCUT2D eigenvalue weighted by Crippen LogP contribution is 2.26. The number of amides is 10. The summed E-state index contributed by atoms with van der Waals surface area (Å²) in [6.45, 7) is 7.62. The molecule has 3 rings (SSSR count). The van der Waals surface area contributed by atoms with Gasteiger partial charge in [0.25, 0.3) is 5.97 Å². The Bertz CT molecular complexity index is 2150. The topological polar surface area (TPSA) is 431 Å². The summed E-state index contributed by atoms with van der Waals surface area (Å²) >= 11 is 0. The number of likely N-dealkylation sites (tertiary alicyclic amines) is 1. The van der Waals surface area contributed by atoms with Crippen LogP contribution in [0.5, 0.6) is 5.75 Å². The van der Waals surface area contributed by atoms with Gasteiger partial charge in [0.05, 0.1) is 19.0 Å². The van der Waals surface area contributed by atoms with Crippen molar-refractivity contribution in [1.82, 2.24) is 42.1 Å². The van der Waals surface area contributed by atoms with Crippen LogP contribution in [0.25, 0.3) is 0 Å². The highest BCUT2D eigenvalue weighted by Gasteiger charge is 2.41. The number of carbonyl (C=O) groups is 12. The van der Waals surface area contributed by atoms with Gasteiger partial charge in [-0.1, -0.05) is 67.8 Å². The number of carbonyl (C=O) groups excluding carboxylic acids is 10.